The summed E-state index contributed by atoms with van der Waals surface area (Å²) in [5.74, 6) is 3.99. The summed E-state index contributed by atoms with van der Waals surface area (Å²) in [6.45, 7) is 5.45. The summed E-state index contributed by atoms with van der Waals surface area (Å²) in [5.41, 5.74) is 3.83. The molecule has 3 aromatic carbocycles. The van der Waals surface area contributed by atoms with Crippen LogP contribution >= 0.6 is 0 Å². The van der Waals surface area contributed by atoms with Gasteiger partial charge < -0.3 is 9.32 Å². The fourth-order valence-electron chi connectivity index (χ4n) is 4.48. The van der Waals surface area contributed by atoms with Gasteiger partial charge in [0, 0.05) is 58.2 Å². The molecule has 4 rings (SSSR count). The van der Waals surface area contributed by atoms with E-state index in [9.17, 15) is 13.4 Å². The molecule has 1 heterocycles. The normalized spacial score (nSPS) is 13.3. The third-order valence-electron chi connectivity index (χ3n) is 6.48. The molecule has 1 aromatic heterocycles. The van der Waals surface area contributed by atoms with Crippen molar-refractivity contribution in [2.24, 2.45) is 0 Å². The first kappa shape index (κ1) is 28.8. The van der Waals surface area contributed by atoms with Crippen molar-refractivity contribution in [3.63, 3.8) is 0 Å². The SMILES string of the molecule is C=C/C=C\C=C/CN(C)CCN(c1cc2oc(-c3ccc(F)cc3)c(C=O)c2cc1-c1ccccc1)S(=C)(C)=O. The Morgan fingerprint density at radius 3 is 2.35 bits per heavy atom. The predicted octanol–water partition coefficient (Wildman–Crippen LogP) is 7.02. The molecule has 5 nitrogen and oxygen atoms in total. The van der Waals surface area contributed by atoms with Crippen molar-refractivity contribution >= 4 is 38.5 Å². The lowest BCUT2D eigenvalue weighted by molar-refractivity contribution is 0.112. The van der Waals surface area contributed by atoms with Crippen LogP contribution in [0.4, 0.5) is 10.1 Å². The second-order valence-electron chi connectivity index (χ2n) is 9.57. The average molecular weight is 557 g/mol. The Labute approximate surface area is 235 Å². The van der Waals surface area contributed by atoms with E-state index in [1.165, 1.54) is 12.1 Å². The van der Waals surface area contributed by atoms with Crippen molar-refractivity contribution < 1.29 is 17.8 Å². The number of hydrogen-bond acceptors (Lipinski definition) is 4. The van der Waals surface area contributed by atoms with Crippen LogP contribution in [-0.2, 0) is 9.71 Å². The lowest BCUT2D eigenvalue weighted by Gasteiger charge is -2.30. The zero-order valence-electron chi connectivity index (χ0n) is 22.8. The molecule has 0 saturated carbocycles. The van der Waals surface area contributed by atoms with Crippen LogP contribution in [0.2, 0.25) is 0 Å². The molecule has 1 atom stereocenters. The van der Waals surface area contributed by atoms with Gasteiger partial charge in [0.2, 0.25) is 0 Å². The molecule has 206 valence electrons. The molecule has 1 unspecified atom stereocenters. The number of anilines is 1. The summed E-state index contributed by atoms with van der Waals surface area (Å²) in [6.07, 6.45) is 11.9. The van der Waals surface area contributed by atoms with Crippen LogP contribution in [0, 0.1) is 5.82 Å². The van der Waals surface area contributed by atoms with Crippen LogP contribution in [-0.4, -0.2) is 54.2 Å². The van der Waals surface area contributed by atoms with E-state index in [2.05, 4.69) is 17.3 Å². The molecule has 0 N–H and O–H groups in total. The minimum atomic E-state index is -2.70. The quantitative estimate of drug-likeness (QED) is 0.107. The highest BCUT2D eigenvalue weighted by Gasteiger charge is 2.23. The number of rotatable bonds is 12. The molecule has 0 bridgehead atoms. The van der Waals surface area contributed by atoms with Crippen LogP contribution in [0.25, 0.3) is 33.4 Å². The summed E-state index contributed by atoms with van der Waals surface area (Å²) in [4.78, 5) is 14.4. The summed E-state index contributed by atoms with van der Waals surface area (Å²) in [7, 11) is -0.698. The fraction of sp³-hybridized carbons (Fsp3) is 0.152. The summed E-state index contributed by atoms with van der Waals surface area (Å²) in [5, 5.41) is 0.623. The largest absolute Gasteiger partial charge is 0.455 e. The van der Waals surface area contributed by atoms with Gasteiger partial charge in [-0.2, -0.15) is 0 Å². The highest BCUT2D eigenvalue weighted by atomic mass is 32.2. The zero-order chi connectivity index (χ0) is 28.7. The van der Waals surface area contributed by atoms with E-state index >= 15 is 0 Å². The second kappa shape index (κ2) is 12.8. The lowest BCUT2D eigenvalue weighted by atomic mass is 9.99. The van der Waals surface area contributed by atoms with E-state index in [1.807, 2.05) is 78.1 Å². The number of carbonyl (C=O) groups is 1. The van der Waals surface area contributed by atoms with E-state index in [0.29, 0.717) is 53.2 Å². The van der Waals surface area contributed by atoms with E-state index in [1.54, 1.807) is 24.5 Å². The van der Waals surface area contributed by atoms with Gasteiger partial charge in [-0.1, -0.05) is 67.3 Å². The van der Waals surface area contributed by atoms with Gasteiger partial charge in [0.05, 0.1) is 11.3 Å². The van der Waals surface area contributed by atoms with Gasteiger partial charge in [-0.25, -0.2) is 8.60 Å². The molecular formula is C33H33FN2O3S. The van der Waals surface area contributed by atoms with Gasteiger partial charge in [0.25, 0.3) is 0 Å². The summed E-state index contributed by atoms with van der Waals surface area (Å²) in [6, 6.07) is 19.3. The van der Waals surface area contributed by atoms with Crippen LogP contribution in [0.1, 0.15) is 10.4 Å². The maximum atomic E-state index is 13.6. The smallest absolute Gasteiger partial charge is 0.154 e. The third kappa shape index (κ3) is 6.68. The topological polar surface area (TPSA) is 53.8 Å². The maximum Gasteiger partial charge on any atom is 0.154 e. The van der Waals surface area contributed by atoms with Gasteiger partial charge >= 0.3 is 0 Å². The Morgan fingerprint density at radius 2 is 1.70 bits per heavy atom. The van der Waals surface area contributed by atoms with Crippen LogP contribution in [0.15, 0.2) is 108 Å². The predicted molar refractivity (Wildman–Crippen MR) is 167 cm³/mol. The monoisotopic (exact) mass is 556 g/mol. The van der Waals surface area contributed by atoms with Gasteiger partial charge in [-0.05, 0) is 48.8 Å². The van der Waals surface area contributed by atoms with E-state index in [-0.39, 0.29) is 5.82 Å². The molecule has 0 aliphatic heterocycles. The van der Waals surface area contributed by atoms with Crippen LogP contribution < -0.4 is 4.31 Å². The minimum absolute atomic E-state index is 0.358. The molecule has 0 amide bonds. The van der Waals surface area contributed by atoms with Crippen LogP contribution in [0.3, 0.4) is 0 Å². The fourth-order valence-corrected chi connectivity index (χ4v) is 5.51. The Balaban J connectivity index is 1.81. The van der Waals surface area contributed by atoms with Crippen molar-refractivity contribution in [1.29, 1.82) is 0 Å². The van der Waals surface area contributed by atoms with E-state index in [4.69, 9.17) is 4.42 Å². The van der Waals surface area contributed by atoms with E-state index in [0.717, 1.165) is 17.4 Å². The van der Waals surface area contributed by atoms with Crippen molar-refractivity contribution in [3.8, 4) is 22.5 Å². The van der Waals surface area contributed by atoms with E-state index < -0.39 is 9.71 Å². The highest BCUT2D eigenvalue weighted by Crippen LogP contribution is 2.41. The first-order valence-electron chi connectivity index (χ1n) is 12.8. The number of carbonyl (C=O) groups excluding carboxylic acids is 1. The lowest BCUT2D eigenvalue weighted by Crippen LogP contribution is -2.37. The molecule has 0 saturated heterocycles. The number of fused-ring (bicyclic) bond motifs is 1. The van der Waals surface area contributed by atoms with Crippen molar-refractivity contribution in [1.82, 2.24) is 4.90 Å². The highest BCUT2D eigenvalue weighted by molar-refractivity contribution is 8.00. The molecule has 0 aliphatic carbocycles. The molecule has 0 radical (unpaired) electrons. The summed E-state index contributed by atoms with van der Waals surface area (Å²) >= 11 is 0. The molecular weight excluding hydrogens is 523 g/mol. The zero-order valence-corrected chi connectivity index (χ0v) is 23.6. The van der Waals surface area contributed by atoms with Gasteiger partial charge in [-0.3, -0.25) is 9.10 Å². The van der Waals surface area contributed by atoms with Crippen molar-refractivity contribution in [3.05, 3.63) is 115 Å². The second-order valence-corrected chi connectivity index (χ2v) is 11.9. The summed E-state index contributed by atoms with van der Waals surface area (Å²) < 4.78 is 35.2. The Kier molecular flexibility index (Phi) is 9.19. The first-order chi connectivity index (χ1) is 19.2. The molecule has 0 spiro atoms. The Hall–Kier alpha value is -4.20. The number of benzene rings is 3. The molecule has 4 aromatic rings. The molecule has 0 aliphatic rings. The molecule has 0 fully saturated rings. The number of nitrogens with zero attached hydrogens (tertiary/aromatic N) is 2. The maximum absolute atomic E-state index is 13.6. The number of halogens is 1. The number of allylic oxidation sites excluding steroid dienone is 4. The Morgan fingerprint density at radius 1 is 0.975 bits per heavy atom. The standard InChI is InChI=1S/C33H33FN2O3S/c1-5-6-7-8-12-19-35(2)20-21-36(40(3,4)38)31-23-32-29(22-28(31)25-13-10-9-11-14-25)30(24-37)33(39-32)26-15-17-27(34)18-16-26/h5-18,22-24H,1,3,19-21H2,2,4H3/b7-6-,12-8-. The average Bonchev–Trinajstić information content (AvgIpc) is 3.30. The third-order valence-corrected chi connectivity index (χ3v) is 7.80. The van der Waals surface area contributed by atoms with Crippen molar-refractivity contribution in [2.45, 2.75) is 0 Å². The minimum Gasteiger partial charge on any atom is -0.455 e. The number of aldehydes is 1. The Bertz CT molecular complexity index is 1650. The first-order valence-corrected chi connectivity index (χ1v) is 14.9. The molecule has 40 heavy (non-hydrogen) atoms. The van der Waals surface area contributed by atoms with Gasteiger partial charge in [0.15, 0.2) is 6.29 Å². The number of furan rings is 1. The van der Waals surface area contributed by atoms with Crippen molar-refractivity contribution in [2.75, 3.05) is 37.2 Å². The number of hydrogen-bond donors (Lipinski definition) is 0. The molecule has 7 heteroatoms. The van der Waals surface area contributed by atoms with Gasteiger partial charge in [-0.15, -0.1) is 0 Å². The number of likely N-dealkylation sites (N-methyl/N-ethyl adjacent to an activating group) is 1. The van der Waals surface area contributed by atoms with Crippen LogP contribution in [0.5, 0.6) is 0 Å². The van der Waals surface area contributed by atoms with Gasteiger partial charge in [0.1, 0.15) is 17.2 Å².